The van der Waals surface area contributed by atoms with E-state index in [0.717, 1.165) is 5.69 Å². The van der Waals surface area contributed by atoms with E-state index in [-0.39, 0.29) is 6.61 Å². The van der Waals surface area contributed by atoms with Crippen LogP contribution in [0.2, 0.25) is 0 Å². The number of hydrogen-bond donors (Lipinski definition) is 1. The summed E-state index contributed by atoms with van der Waals surface area (Å²) < 4.78 is 6.40. The van der Waals surface area contributed by atoms with Crippen molar-refractivity contribution < 1.29 is 14.6 Å². The van der Waals surface area contributed by atoms with Crippen molar-refractivity contribution in [1.29, 1.82) is 0 Å². The Hall–Kier alpha value is -1.36. The van der Waals surface area contributed by atoms with E-state index in [2.05, 4.69) is 5.10 Å². The van der Waals surface area contributed by atoms with Crippen molar-refractivity contribution >= 4 is 5.97 Å². The summed E-state index contributed by atoms with van der Waals surface area (Å²) in [7, 11) is 1.75. The third-order valence-corrected chi connectivity index (χ3v) is 2.43. The second kappa shape index (κ2) is 4.02. The molecule has 1 rings (SSSR count). The number of hydrogen-bond acceptors (Lipinski definition) is 4. The van der Waals surface area contributed by atoms with Crippen molar-refractivity contribution in [2.45, 2.75) is 26.4 Å². The van der Waals surface area contributed by atoms with E-state index in [9.17, 15) is 9.90 Å². The fourth-order valence-corrected chi connectivity index (χ4v) is 1.36. The summed E-state index contributed by atoms with van der Waals surface area (Å²) in [4.78, 5) is 11.5. The molecule has 5 nitrogen and oxygen atoms in total. The molecule has 0 aromatic carbocycles. The van der Waals surface area contributed by atoms with Gasteiger partial charge in [0.1, 0.15) is 0 Å². The van der Waals surface area contributed by atoms with Crippen molar-refractivity contribution in [3.8, 4) is 0 Å². The lowest BCUT2D eigenvalue weighted by atomic mass is 9.97. The monoisotopic (exact) mass is 212 g/mol. The minimum absolute atomic E-state index is 0.244. The molecular formula is C10H16N2O3. The molecule has 0 saturated carbocycles. The topological polar surface area (TPSA) is 64.3 Å². The molecule has 1 aromatic heterocycles. The van der Waals surface area contributed by atoms with E-state index in [0.29, 0.717) is 5.56 Å². The second-order valence-electron chi connectivity index (χ2n) is 3.56. The molecular weight excluding hydrogens is 196 g/mol. The molecule has 0 aliphatic heterocycles. The van der Waals surface area contributed by atoms with Gasteiger partial charge in [-0.2, -0.15) is 5.10 Å². The minimum atomic E-state index is -1.63. The molecule has 0 unspecified atom stereocenters. The number of carbonyl (C=O) groups excluding carboxylic acids is 1. The highest BCUT2D eigenvalue weighted by Crippen LogP contribution is 2.24. The number of ether oxygens (including phenoxy) is 1. The molecule has 1 heterocycles. The van der Waals surface area contributed by atoms with Crippen molar-refractivity contribution in [3.05, 3.63) is 17.5 Å². The molecule has 15 heavy (non-hydrogen) atoms. The van der Waals surface area contributed by atoms with E-state index in [1.807, 2.05) is 0 Å². The first-order valence-electron chi connectivity index (χ1n) is 4.80. The lowest BCUT2D eigenvalue weighted by Gasteiger charge is -2.20. The fourth-order valence-electron chi connectivity index (χ4n) is 1.36. The summed E-state index contributed by atoms with van der Waals surface area (Å²) in [5.74, 6) is -0.652. The molecule has 0 radical (unpaired) electrons. The van der Waals surface area contributed by atoms with Gasteiger partial charge < -0.3 is 9.84 Å². The molecule has 0 spiro atoms. The van der Waals surface area contributed by atoms with Gasteiger partial charge in [0, 0.05) is 18.3 Å². The van der Waals surface area contributed by atoms with Crippen molar-refractivity contribution in [3.63, 3.8) is 0 Å². The first-order chi connectivity index (χ1) is 6.91. The molecule has 1 aromatic rings. The number of esters is 1. The van der Waals surface area contributed by atoms with Crippen LogP contribution in [0.3, 0.4) is 0 Å². The average molecular weight is 212 g/mol. The Balaban J connectivity index is 3.05. The second-order valence-corrected chi connectivity index (χ2v) is 3.56. The van der Waals surface area contributed by atoms with Gasteiger partial charge >= 0.3 is 5.97 Å². The van der Waals surface area contributed by atoms with Crippen LogP contribution in [0.1, 0.15) is 25.1 Å². The maximum atomic E-state index is 11.5. The summed E-state index contributed by atoms with van der Waals surface area (Å²) in [6.07, 6.45) is 1.48. The number of rotatable bonds is 3. The molecule has 0 aliphatic carbocycles. The largest absolute Gasteiger partial charge is 0.464 e. The zero-order valence-electron chi connectivity index (χ0n) is 9.44. The summed E-state index contributed by atoms with van der Waals surface area (Å²) in [6.45, 7) is 5.14. The van der Waals surface area contributed by atoms with Gasteiger partial charge in [0.25, 0.3) is 0 Å². The Morgan fingerprint density at radius 3 is 2.73 bits per heavy atom. The average Bonchev–Trinajstić information content (AvgIpc) is 2.48. The lowest BCUT2D eigenvalue weighted by Crippen LogP contribution is -2.34. The van der Waals surface area contributed by atoms with Crippen LogP contribution in [0.4, 0.5) is 0 Å². The predicted molar refractivity (Wildman–Crippen MR) is 54.1 cm³/mol. The number of nitrogens with zero attached hydrogens (tertiary/aromatic N) is 2. The van der Waals surface area contributed by atoms with Crippen molar-refractivity contribution in [2.24, 2.45) is 7.05 Å². The smallest absolute Gasteiger partial charge is 0.342 e. The summed E-state index contributed by atoms with van der Waals surface area (Å²) >= 11 is 0. The SMILES string of the molecule is CCOC(=O)[C@](C)(O)c1cnn(C)c1C. The molecule has 0 aliphatic rings. The van der Waals surface area contributed by atoms with E-state index in [1.165, 1.54) is 13.1 Å². The zero-order valence-corrected chi connectivity index (χ0v) is 9.44. The Labute approximate surface area is 88.7 Å². The fraction of sp³-hybridized carbons (Fsp3) is 0.600. The van der Waals surface area contributed by atoms with Crippen LogP contribution in [-0.2, 0) is 22.2 Å². The molecule has 0 bridgehead atoms. The molecule has 1 atom stereocenters. The van der Waals surface area contributed by atoms with E-state index in [1.54, 1.807) is 25.6 Å². The number of aryl methyl sites for hydroxylation is 1. The van der Waals surface area contributed by atoms with Crippen LogP contribution in [0.5, 0.6) is 0 Å². The first kappa shape index (κ1) is 11.7. The van der Waals surface area contributed by atoms with Crippen LogP contribution in [-0.4, -0.2) is 27.5 Å². The maximum absolute atomic E-state index is 11.5. The zero-order chi connectivity index (χ0) is 11.6. The van der Waals surface area contributed by atoms with Gasteiger partial charge in [-0.05, 0) is 20.8 Å². The van der Waals surface area contributed by atoms with E-state index >= 15 is 0 Å². The Bertz CT molecular complexity index is 369. The first-order valence-corrected chi connectivity index (χ1v) is 4.80. The van der Waals surface area contributed by atoms with Gasteiger partial charge in [-0.15, -0.1) is 0 Å². The van der Waals surface area contributed by atoms with Crippen LogP contribution >= 0.6 is 0 Å². The summed E-state index contributed by atoms with van der Waals surface area (Å²) in [5, 5.41) is 14.0. The summed E-state index contributed by atoms with van der Waals surface area (Å²) in [5.41, 5.74) is -0.412. The Morgan fingerprint density at radius 1 is 1.73 bits per heavy atom. The van der Waals surface area contributed by atoms with Crippen LogP contribution in [0.25, 0.3) is 0 Å². The van der Waals surface area contributed by atoms with Gasteiger partial charge in [-0.25, -0.2) is 4.79 Å². The molecule has 5 heteroatoms. The quantitative estimate of drug-likeness (QED) is 0.741. The predicted octanol–water partition coefficient (Wildman–Crippen LogP) is 0.499. The van der Waals surface area contributed by atoms with Crippen LogP contribution in [0.15, 0.2) is 6.20 Å². The van der Waals surface area contributed by atoms with Gasteiger partial charge in [-0.3, -0.25) is 4.68 Å². The van der Waals surface area contributed by atoms with Gasteiger partial charge in [0.2, 0.25) is 0 Å². The minimum Gasteiger partial charge on any atom is -0.464 e. The van der Waals surface area contributed by atoms with Crippen LogP contribution < -0.4 is 0 Å². The van der Waals surface area contributed by atoms with Crippen LogP contribution in [0, 0.1) is 6.92 Å². The van der Waals surface area contributed by atoms with Crippen molar-refractivity contribution in [2.75, 3.05) is 6.61 Å². The van der Waals surface area contributed by atoms with Crippen molar-refractivity contribution in [1.82, 2.24) is 9.78 Å². The highest BCUT2D eigenvalue weighted by atomic mass is 16.5. The third kappa shape index (κ3) is 2.02. The molecule has 0 saturated heterocycles. The number of carbonyl (C=O) groups is 1. The Kier molecular flexibility index (Phi) is 3.14. The standard InChI is InChI=1S/C10H16N2O3/c1-5-15-9(13)10(3,14)8-6-11-12(4)7(8)2/h6,14H,5H2,1-4H3/t10-/m1/s1. The highest BCUT2D eigenvalue weighted by Gasteiger charge is 2.36. The number of aliphatic hydroxyl groups is 1. The highest BCUT2D eigenvalue weighted by molar-refractivity contribution is 5.80. The molecule has 84 valence electrons. The van der Waals surface area contributed by atoms with E-state index in [4.69, 9.17) is 4.74 Å². The van der Waals surface area contributed by atoms with Gasteiger partial charge in [0.05, 0.1) is 12.8 Å². The van der Waals surface area contributed by atoms with E-state index < -0.39 is 11.6 Å². The van der Waals surface area contributed by atoms with Gasteiger partial charge in [0.15, 0.2) is 5.60 Å². The molecule has 0 amide bonds. The molecule has 1 N–H and O–H groups in total. The van der Waals surface area contributed by atoms with Gasteiger partial charge in [-0.1, -0.05) is 0 Å². The normalized spacial score (nSPS) is 14.7. The third-order valence-electron chi connectivity index (χ3n) is 2.43. The molecule has 0 fully saturated rings. The summed E-state index contributed by atoms with van der Waals surface area (Å²) in [6, 6.07) is 0. The lowest BCUT2D eigenvalue weighted by molar-refractivity contribution is -0.164. The Morgan fingerprint density at radius 2 is 2.33 bits per heavy atom. The maximum Gasteiger partial charge on any atom is 0.342 e. The number of aromatic nitrogens is 2.